The summed E-state index contributed by atoms with van der Waals surface area (Å²) in [5.41, 5.74) is 0. The molecule has 0 fully saturated rings. The van der Waals surface area contributed by atoms with Gasteiger partial charge in [-0.1, -0.05) is 331 Å². The van der Waals surface area contributed by atoms with Gasteiger partial charge in [0.25, 0.3) is 0 Å². The smallest absolute Gasteiger partial charge is 0.306 e. The number of carbonyl (C=O) groups is 3. The van der Waals surface area contributed by atoms with Crippen molar-refractivity contribution in [3.8, 4) is 0 Å². The molecule has 0 amide bonds. The zero-order valence-corrected chi connectivity index (χ0v) is 53.1. The Labute approximate surface area is 496 Å². The van der Waals surface area contributed by atoms with Gasteiger partial charge in [0.2, 0.25) is 0 Å². The van der Waals surface area contributed by atoms with E-state index in [1.165, 1.54) is 225 Å². The van der Waals surface area contributed by atoms with Crippen LogP contribution in [0.4, 0.5) is 0 Å². The molecule has 6 heteroatoms. The highest BCUT2D eigenvalue weighted by molar-refractivity contribution is 5.71. The maximum absolute atomic E-state index is 12.9. The predicted molar refractivity (Wildman–Crippen MR) is 348 cm³/mol. The summed E-state index contributed by atoms with van der Waals surface area (Å²) in [6, 6.07) is 0. The summed E-state index contributed by atoms with van der Waals surface area (Å²) in [6.45, 7) is 6.52. The fourth-order valence-corrected chi connectivity index (χ4v) is 10.00. The zero-order chi connectivity index (χ0) is 57.8. The van der Waals surface area contributed by atoms with Crippen LogP contribution in [-0.4, -0.2) is 37.2 Å². The molecule has 0 aliphatic heterocycles. The Balaban J connectivity index is 4.39. The maximum Gasteiger partial charge on any atom is 0.306 e. The second-order valence-electron chi connectivity index (χ2n) is 23.1. The molecule has 0 aromatic rings. The van der Waals surface area contributed by atoms with Gasteiger partial charge in [0.15, 0.2) is 6.10 Å². The van der Waals surface area contributed by atoms with Gasteiger partial charge in [0, 0.05) is 19.3 Å². The van der Waals surface area contributed by atoms with Crippen molar-refractivity contribution in [2.75, 3.05) is 13.2 Å². The molecule has 1 atom stereocenters. The SMILES string of the molecule is CC/C=C\C/C=C\C/C=C\C/C=C\C/C=C\C/C=C\CCC(=O)OC(COC(=O)CCCCCCCCCCCCCCC/C=C\CCCCCCCCCC)COC(=O)CCCCCCCCCCCCCCCCCCCC. The van der Waals surface area contributed by atoms with E-state index in [0.29, 0.717) is 19.3 Å². The summed E-state index contributed by atoms with van der Waals surface area (Å²) in [5.74, 6) is -0.969. The third kappa shape index (κ3) is 65.4. The molecule has 0 saturated carbocycles. The molecule has 0 radical (unpaired) electrons. The lowest BCUT2D eigenvalue weighted by Crippen LogP contribution is -2.30. The van der Waals surface area contributed by atoms with Crippen LogP contribution in [0.5, 0.6) is 0 Å². The van der Waals surface area contributed by atoms with Crippen molar-refractivity contribution in [3.05, 3.63) is 85.1 Å². The number of hydrogen-bond donors (Lipinski definition) is 0. The standard InChI is InChI=1S/C74H130O6/c1-4-7-10-13-16-19-22-25-28-31-34-35-36-37-38-39-41-43-46-49-52-55-58-61-64-67-73(76)79-70-71(69-78-72(75)66-63-60-57-54-51-48-45-42-33-30-27-24-21-18-15-12-9-6-3)80-74(77)68-65-62-59-56-53-50-47-44-40-32-29-26-23-20-17-14-11-8-5-2/h8,11,17,20,26,29,31,34,40,44,50,53,59,62,71H,4-7,9-10,12-16,18-19,21-25,27-28,30,32-33,35-39,41-43,45-49,51-52,54-58,60-61,63-70H2,1-3H3/b11-8-,20-17-,29-26-,34-31-,44-40-,53-50-,62-59-. The Morgan fingerprint density at radius 3 is 0.812 bits per heavy atom. The van der Waals surface area contributed by atoms with Crippen LogP contribution < -0.4 is 0 Å². The van der Waals surface area contributed by atoms with Crippen molar-refractivity contribution < 1.29 is 28.6 Å². The fraction of sp³-hybridized carbons (Fsp3) is 0.770. The van der Waals surface area contributed by atoms with Crippen LogP contribution in [0.25, 0.3) is 0 Å². The lowest BCUT2D eigenvalue weighted by Gasteiger charge is -2.18. The van der Waals surface area contributed by atoms with Crippen LogP contribution >= 0.6 is 0 Å². The van der Waals surface area contributed by atoms with E-state index in [-0.39, 0.29) is 37.5 Å². The molecule has 6 nitrogen and oxygen atoms in total. The van der Waals surface area contributed by atoms with Crippen molar-refractivity contribution in [3.63, 3.8) is 0 Å². The first-order valence-corrected chi connectivity index (χ1v) is 34.6. The second-order valence-corrected chi connectivity index (χ2v) is 23.1. The molecule has 0 bridgehead atoms. The van der Waals surface area contributed by atoms with Crippen molar-refractivity contribution in [1.82, 2.24) is 0 Å². The van der Waals surface area contributed by atoms with Gasteiger partial charge in [-0.25, -0.2) is 0 Å². The minimum atomic E-state index is -0.817. The third-order valence-corrected chi connectivity index (χ3v) is 15.1. The van der Waals surface area contributed by atoms with Crippen molar-refractivity contribution >= 4 is 17.9 Å². The first-order valence-electron chi connectivity index (χ1n) is 34.6. The van der Waals surface area contributed by atoms with Crippen LogP contribution in [-0.2, 0) is 28.6 Å². The van der Waals surface area contributed by atoms with Gasteiger partial charge in [-0.05, 0) is 83.5 Å². The van der Waals surface area contributed by atoms with Crippen LogP contribution in [0.3, 0.4) is 0 Å². The maximum atomic E-state index is 12.9. The Hall–Kier alpha value is -3.41. The zero-order valence-electron chi connectivity index (χ0n) is 53.1. The van der Waals surface area contributed by atoms with Crippen molar-refractivity contribution in [2.45, 2.75) is 354 Å². The lowest BCUT2D eigenvalue weighted by molar-refractivity contribution is -0.166. The molecule has 0 N–H and O–H groups in total. The molecule has 0 aliphatic carbocycles. The van der Waals surface area contributed by atoms with Crippen LogP contribution in [0.15, 0.2) is 85.1 Å². The summed E-state index contributed by atoms with van der Waals surface area (Å²) in [7, 11) is 0. The molecular formula is C74H130O6. The quantitative estimate of drug-likeness (QED) is 0.0261. The van der Waals surface area contributed by atoms with E-state index in [1.54, 1.807) is 0 Å². The lowest BCUT2D eigenvalue weighted by atomic mass is 10.0. The summed E-state index contributed by atoms with van der Waals surface area (Å²) in [4.78, 5) is 38.4. The molecule has 462 valence electrons. The van der Waals surface area contributed by atoms with Gasteiger partial charge in [0.1, 0.15) is 13.2 Å². The Bertz CT molecular complexity index is 1520. The van der Waals surface area contributed by atoms with Gasteiger partial charge >= 0.3 is 17.9 Å². The molecule has 0 spiro atoms. The van der Waals surface area contributed by atoms with Gasteiger partial charge < -0.3 is 14.2 Å². The normalized spacial score (nSPS) is 12.6. The average molecular weight is 1120 g/mol. The highest BCUT2D eigenvalue weighted by atomic mass is 16.6. The number of esters is 3. The highest BCUT2D eigenvalue weighted by Gasteiger charge is 2.19. The van der Waals surface area contributed by atoms with Crippen LogP contribution in [0.2, 0.25) is 0 Å². The molecule has 80 heavy (non-hydrogen) atoms. The first-order chi connectivity index (χ1) is 39.5. The van der Waals surface area contributed by atoms with E-state index in [1.807, 2.05) is 6.08 Å². The van der Waals surface area contributed by atoms with E-state index in [4.69, 9.17) is 14.2 Å². The second kappa shape index (κ2) is 68.1. The van der Waals surface area contributed by atoms with Gasteiger partial charge in [-0.3, -0.25) is 14.4 Å². The minimum Gasteiger partial charge on any atom is -0.462 e. The molecule has 0 saturated heterocycles. The largest absolute Gasteiger partial charge is 0.462 e. The summed E-state index contributed by atoms with van der Waals surface area (Å²) < 4.78 is 16.9. The van der Waals surface area contributed by atoms with E-state index in [2.05, 4.69) is 99.8 Å². The first kappa shape index (κ1) is 76.6. The fourth-order valence-electron chi connectivity index (χ4n) is 10.00. The predicted octanol–water partition coefficient (Wildman–Crippen LogP) is 23.8. The van der Waals surface area contributed by atoms with Crippen LogP contribution in [0, 0.1) is 0 Å². The van der Waals surface area contributed by atoms with Gasteiger partial charge in [0.05, 0.1) is 0 Å². The van der Waals surface area contributed by atoms with E-state index in [9.17, 15) is 14.4 Å². The minimum absolute atomic E-state index is 0.103. The molecule has 0 heterocycles. The van der Waals surface area contributed by atoms with E-state index in [0.717, 1.165) is 77.0 Å². The number of ether oxygens (including phenoxy) is 3. The van der Waals surface area contributed by atoms with Crippen LogP contribution in [0.1, 0.15) is 348 Å². The monoisotopic (exact) mass is 1110 g/mol. The van der Waals surface area contributed by atoms with Crippen molar-refractivity contribution in [2.24, 2.45) is 0 Å². The Kier molecular flexibility index (Phi) is 65.2. The van der Waals surface area contributed by atoms with Gasteiger partial charge in [-0.15, -0.1) is 0 Å². The summed E-state index contributed by atoms with van der Waals surface area (Å²) in [6.07, 6.45) is 90.5. The summed E-state index contributed by atoms with van der Waals surface area (Å²) >= 11 is 0. The van der Waals surface area contributed by atoms with E-state index >= 15 is 0 Å². The van der Waals surface area contributed by atoms with Crippen molar-refractivity contribution in [1.29, 1.82) is 0 Å². The number of rotatable bonds is 63. The molecule has 0 aromatic carbocycles. The molecule has 0 aliphatic rings. The third-order valence-electron chi connectivity index (χ3n) is 15.1. The molecular weight excluding hydrogens is 985 g/mol. The topological polar surface area (TPSA) is 78.9 Å². The van der Waals surface area contributed by atoms with Gasteiger partial charge in [-0.2, -0.15) is 0 Å². The Morgan fingerprint density at radius 2 is 0.512 bits per heavy atom. The molecule has 0 rings (SSSR count). The number of allylic oxidation sites excluding steroid dienone is 14. The summed E-state index contributed by atoms with van der Waals surface area (Å²) in [5, 5.41) is 0. The highest BCUT2D eigenvalue weighted by Crippen LogP contribution is 2.17. The number of hydrogen-bond acceptors (Lipinski definition) is 6. The number of carbonyl (C=O) groups excluding carboxylic acids is 3. The van der Waals surface area contributed by atoms with E-state index < -0.39 is 6.10 Å². The number of unbranched alkanes of at least 4 members (excludes halogenated alkanes) is 38. The average Bonchev–Trinajstić information content (AvgIpc) is 3.46. The Morgan fingerprint density at radius 1 is 0.263 bits per heavy atom. The molecule has 1 unspecified atom stereocenters. The molecule has 0 aromatic heterocycles.